The van der Waals surface area contributed by atoms with E-state index >= 15 is 0 Å². The van der Waals surface area contributed by atoms with Crippen LogP contribution in [0.5, 0.6) is 0 Å². The van der Waals surface area contributed by atoms with E-state index in [1.807, 2.05) is 6.92 Å². The molecule has 1 atom stereocenters. The number of esters is 1. The Morgan fingerprint density at radius 1 is 0.667 bits per heavy atom. The van der Waals surface area contributed by atoms with Crippen LogP contribution in [0.4, 0.5) is 0 Å². The monoisotopic (exact) mass is 508 g/mol. The maximum absolute atomic E-state index is 12.0. The topological polar surface area (TPSA) is 63.6 Å². The molecule has 0 heterocycles. The van der Waals surface area contributed by atoms with E-state index < -0.39 is 11.9 Å². The average molecular weight is 509 g/mol. The first-order valence-electron chi connectivity index (χ1n) is 15.6. The molecular weight excluding hydrogens is 448 g/mol. The van der Waals surface area contributed by atoms with Crippen LogP contribution in [0.1, 0.15) is 168 Å². The summed E-state index contributed by atoms with van der Waals surface area (Å²) in [6, 6.07) is 0. The Bertz CT molecular complexity index is 514. The summed E-state index contributed by atoms with van der Waals surface area (Å²) in [5.41, 5.74) is 0. The summed E-state index contributed by atoms with van der Waals surface area (Å²) >= 11 is 0. The van der Waals surface area contributed by atoms with E-state index in [0.29, 0.717) is 13.0 Å². The fraction of sp³-hybridized carbons (Fsp3) is 0.875. The van der Waals surface area contributed by atoms with Gasteiger partial charge in [-0.1, -0.05) is 141 Å². The number of rotatable bonds is 28. The molecule has 0 amide bonds. The number of aliphatic carboxylic acids is 1. The van der Waals surface area contributed by atoms with Crippen LogP contribution in [0.15, 0.2) is 12.2 Å². The highest BCUT2D eigenvalue weighted by Gasteiger charge is 2.22. The molecule has 1 N–H and O–H groups in total. The van der Waals surface area contributed by atoms with E-state index in [0.717, 1.165) is 19.3 Å². The molecule has 212 valence electrons. The number of carboxylic acid groups (broad SMARTS) is 1. The van der Waals surface area contributed by atoms with Gasteiger partial charge in [0.15, 0.2) is 0 Å². The molecule has 4 nitrogen and oxygen atoms in total. The van der Waals surface area contributed by atoms with Gasteiger partial charge in [0.1, 0.15) is 0 Å². The van der Waals surface area contributed by atoms with Crippen molar-refractivity contribution >= 4 is 11.9 Å². The number of carbonyl (C=O) groups excluding carboxylic acids is 1. The molecule has 0 aliphatic rings. The summed E-state index contributed by atoms with van der Waals surface area (Å²) in [7, 11) is 0. The number of hydrogen-bond acceptors (Lipinski definition) is 3. The number of ether oxygens (including phenoxy) is 1. The quantitative estimate of drug-likeness (QED) is 0.0648. The first-order chi connectivity index (χ1) is 17.6. The van der Waals surface area contributed by atoms with Gasteiger partial charge >= 0.3 is 11.9 Å². The minimum atomic E-state index is -0.916. The summed E-state index contributed by atoms with van der Waals surface area (Å²) in [5, 5.41) is 9.03. The zero-order valence-electron chi connectivity index (χ0n) is 24.1. The molecule has 0 rings (SSSR count). The van der Waals surface area contributed by atoms with Crippen molar-refractivity contribution in [3.63, 3.8) is 0 Å². The standard InChI is InChI=1S/C32H60O4/c1-3-5-6-7-8-9-10-11-12-13-14-15-16-17-18-19-20-21-22-23-24-25-26-27-30(29-31(33)34)32(35)36-28-4-2/h3,5,30H,4,6-29H2,1-2H3,(H,33,34)/b5-3+. The van der Waals surface area contributed by atoms with Crippen LogP contribution in [-0.2, 0) is 14.3 Å². The van der Waals surface area contributed by atoms with Gasteiger partial charge in [-0.3, -0.25) is 9.59 Å². The Morgan fingerprint density at radius 2 is 1.06 bits per heavy atom. The number of hydrogen-bond donors (Lipinski definition) is 1. The van der Waals surface area contributed by atoms with Crippen molar-refractivity contribution in [2.45, 2.75) is 168 Å². The van der Waals surface area contributed by atoms with Crippen molar-refractivity contribution < 1.29 is 19.4 Å². The van der Waals surface area contributed by atoms with E-state index in [9.17, 15) is 9.59 Å². The van der Waals surface area contributed by atoms with Crippen molar-refractivity contribution in [1.29, 1.82) is 0 Å². The minimum absolute atomic E-state index is 0.111. The molecule has 0 aromatic heterocycles. The molecule has 0 fully saturated rings. The second-order valence-electron chi connectivity index (χ2n) is 10.7. The molecule has 0 aliphatic carbocycles. The summed E-state index contributed by atoms with van der Waals surface area (Å²) in [6.45, 7) is 4.43. The zero-order valence-corrected chi connectivity index (χ0v) is 24.1. The van der Waals surface area contributed by atoms with Crippen molar-refractivity contribution in [3.8, 4) is 0 Å². The van der Waals surface area contributed by atoms with Gasteiger partial charge in [0.05, 0.1) is 18.9 Å². The maximum Gasteiger partial charge on any atom is 0.309 e. The highest BCUT2D eigenvalue weighted by atomic mass is 16.5. The van der Waals surface area contributed by atoms with Crippen LogP contribution in [-0.4, -0.2) is 23.7 Å². The van der Waals surface area contributed by atoms with E-state index in [1.165, 1.54) is 122 Å². The van der Waals surface area contributed by atoms with E-state index in [4.69, 9.17) is 9.84 Å². The van der Waals surface area contributed by atoms with Gasteiger partial charge in [-0.15, -0.1) is 0 Å². The van der Waals surface area contributed by atoms with Crippen molar-refractivity contribution in [2.75, 3.05) is 6.61 Å². The lowest BCUT2D eigenvalue weighted by molar-refractivity contribution is -0.153. The van der Waals surface area contributed by atoms with Gasteiger partial charge in [0.2, 0.25) is 0 Å². The smallest absolute Gasteiger partial charge is 0.309 e. The molecule has 0 radical (unpaired) electrons. The summed E-state index contributed by atoms with van der Waals surface area (Å²) < 4.78 is 5.15. The minimum Gasteiger partial charge on any atom is -0.481 e. The van der Waals surface area contributed by atoms with Gasteiger partial charge in [-0.2, -0.15) is 0 Å². The van der Waals surface area contributed by atoms with Crippen LogP contribution < -0.4 is 0 Å². The number of allylic oxidation sites excluding steroid dienone is 2. The highest BCUT2D eigenvalue weighted by Crippen LogP contribution is 2.18. The fourth-order valence-electron chi connectivity index (χ4n) is 4.84. The van der Waals surface area contributed by atoms with Gasteiger partial charge < -0.3 is 9.84 Å². The fourth-order valence-corrected chi connectivity index (χ4v) is 4.84. The lowest BCUT2D eigenvalue weighted by atomic mass is 9.97. The first-order valence-corrected chi connectivity index (χ1v) is 15.6. The zero-order chi connectivity index (χ0) is 26.5. The van der Waals surface area contributed by atoms with E-state index in [2.05, 4.69) is 19.1 Å². The molecule has 36 heavy (non-hydrogen) atoms. The largest absolute Gasteiger partial charge is 0.481 e. The van der Waals surface area contributed by atoms with Gasteiger partial charge in [-0.25, -0.2) is 0 Å². The summed E-state index contributed by atoms with van der Waals surface area (Å²) in [5.74, 6) is -1.74. The van der Waals surface area contributed by atoms with Gasteiger partial charge in [0, 0.05) is 0 Å². The van der Waals surface area contributed by atoms with E-state index in [1.54, 1.807) is 0 Å². The van der Waals surface area contributed by atoms with Crippen LogP contribution in [0.3, 0.4) is 0 Å². The maximum atomic E-state index is 12.0. The molecule has 0 aromatic carbocycles. The Hall–Kier alpha value is -1.32. The average Bonchev–Trinajstić information content (AvgIpc) is 2.86. The van der Waals surface area contributed by atoms with Crippen molar-refractivity contribution in [1.82, 2.24) is 0 Å². The molecule has 0 bridgehead atoms. The SMILES string of the molecule is C/C=C/CCCCCCCCCCCCCCCCCCCCCCC(CC(=O)O)C(=O)OCCC. The lowest BCUT2D eigenvalue weighted by Gasteiger charge is -2.13. The summed E-state index contributed by atoms with van der Waals surface area (Å²) in [6.07, 6.45) is 33.8. The molecule has 0 saturated heterocycles. The lowest BCUT2D eigenvalue weighted by Crippen LogP contribution is -2.21. The predicted octanol–water partition coefficient (Wildman–Crippen LogP) is 10.2. The second-order valence-corrected chi connectivity index (χ2v) is 10.7. The van der Waals surface area contributed by atoms with Crippen LogP contribution in [0.25, 0.3) is 0 Å². The Kier molecular flexibility index (Phi) is 27.2. The van der Waals surface area contributed by atoms with Crippen molar-refractivity contribution in [2.24, 2.45) is 5.92 Å². The third-order valence-corrected chi connectivity index (χ3v) is 7.11. The molecular formula is C32H60O4. The van der Waals surface area contributed by atoms with Crippen LogP contribution in [0.2, 0.25) is 0 Å². The highest BCUT2D eigenvalue weighted by molar-refractivity contribution is 5.79. The van der Waals surface area contributed by atoms with Gasteiger partial charge in [-0.05, 0) is 32.6 Å². The number of unbranched alkanes of at least 4 members (excludes halogenated alkanes) is 20. The Balaban J connectivity index is 3.34. The molecule has 4 heteroatoms. The molecule has 0 saturated carbocycles. The molecule has 0 spiro atoms. The van der Waals surface area contributed by atoms with Crippen LogP contribution >= 0.6 is 0 Å². The molecule has 1 unspecified atom stereocenters. The first kappa shape index (κ1) is 34.7. The van der Waals surface area contributed by atoms with Gasteiger partial charge in [0.25, 0.3) is 0 Å². The Labute approximate surface area is 224 Å². The summed E-state index contributed by atoms with van der Waals surface area (Å²) in [4.78, 5) is 23.0. The third kappa shape index (κ3) is 25.8. The van der Waals surface area contributed by atoms with Crippen molar-refractivity contribution in [3.05, 3.63) is 12.2 Å². The molecule has 0 aliphatic heterocycles. The third-order valence-electron chi connectivity index (χ3n) is 7.11. The Morgan fingerprint density at radius 3 is 1.42 bits per heavy atom. The second kappa shape index (κ2) is 28.3. The number of carbonyl (C=O) groups is 2. The predicted molar refractivity (Wildman–Crippen MR) is 153 cm³/mol. The number of carboxylic acids is 1. The normalized spacial score (nSPS) is 12.3. The van der Waals surface area contributed by atoms with E-state index in [-0.39, 0.29) is 12.4 Å². The molecule has 0 aromatic rings. The van der Waals surface area contributed by atoms with Crippen LogP contribution in [0, 0.1) is 5.92 Å².